The van der Waals surface area contributed by atoms with Crippen molar-refractivity contribution in [2.45, 2.75) is 78.4 Å². The van der Waals surface area contributed by atoms with Crippen LogP contribution in [0.4, 0.5) is 18.9 Å². The number of halogens is 3. The van der Waals surface area contributed by atoms with Gasteiger partial charge in [-0.25, -0.2) is 4.98 Å². The molecule has 0 saturated heterocycles. The monoisotopic (exact) mass is 398 g/mol. The molecule has 1 aliphatic rings. The van der Waals surface area contributed by atoms with Crippen LogP contribution in [0.25, 0.3) is 0 Å². The average Bonchev–Trinajstić information content (AvgIpc) is 2.59. The van der Waals surface area contributed by atoms with Crippen LogP contribution in [0.1, 0.15) is 77.5 Å². The van der Waals surface area contributed by atoms with E-state index in [0.29, 0.717) is 24.0 Å². The second kappa shape index (κ2) is 9.19. The first-order valence-electron chi connectivity index (χ1n) is 10.2. The zero-order chi connectivity index (χ0) is 21.1. The molecule has 3 nitrogen and oxygen atoms in total. The average molecular weight is 399 g/mol. The van der Waals surface area contributed by atoms with Gasteiger partial charge in [0.2, 0.25) is 5.88 Å². The SMILES string of the molecule is C=CN(c1c(C(C)CC)cc(OCCC(C)C)nc1C(F)(F)F)C1CC(C)C1. The van der Waals surface area contributed by atoms with Crippen molar-refractivity contribution in [2.24, 2.45) is 11.8 Å². The number of nitrogens with zero attached hydrogens (tertiary/aromatic N) is 2. The molecule has 1 aromatic rings. The van der Waals surface area contributed by atoms with Crippen LogP contribution in [0, 0.1) is 11.8 Å². The van der Waals surface area contributed by atoms with E-state index in [0.717, 1.165) is 25.7 Å². The minimum Gasteiger partial charge on any atom is -0.478 e. The Morgan fingerprint density at radius 2 is 1.96 bits per heavy atom. The lowest BCUT2D eigenvalue weighted by atomic mass is 9.80. The van der Waals surface area contributed by atoms with E-state index in [1.807, 2.05) is 27.7 Å². The summed E-state index contributed by atoms with van der Waals surface area (Å²) in [4.78, 5) is 5.60. The van der Waals surface area contributed by atoms with Crippen LogP contribution < -0.4 is 9.64 Å². The zero-order valence-electron chi connectivity index (χ0n) is 17.6. The van der Waals surface area contributed by atoms with E-state index < -0.39 is 11.9 Å². The number of rotatable bonds is 9. The molecule has 1 fully saturated rings. The van der Waals surface area contributed by atoms with E-state index in [-0.39, 0.29) is 23.5 Å². The lowest BCUT2D eigenvalue weighted by Gasteiger charge is -2.42. The van der Waals surface area contributed by atoms with Crippen molar-refractivity contribution in [3.63, 3.8) is 0 Å². The summed E-state index contributed by atoms with van der Waals surface area (Å²) >= 11 is 0. The molecule has 0 radical (unpaired) electrons. The highest BCUT2D eigenvalue weighted by atomic mass is 19.4. The van der Waals surface area contributed by atoms with Gasteiger partial charge in [-0.05, 0) is 55.2 Å². The maximum Gasteiger partial charge on any atom is 0.435 e. The van der Waals surface area contributed by atoms with Crippen LogP contribution >= 0.6 is 0 Å². The second-order valence-electron chi connectivity index (χ2n) is 8.41. The van der Waals surface area contributed by atoms with Gasteiger partial charge in [-0.2, -0.15) is 13.2 Å². The van der Waals surface area contributed by atoms with Crippen LogP contribution in [0.15, 0.2) is 18.8 Å². The van der Waals surface area contributed by atoms with E-state index >= 15 is 0 Å². The predicted molar refractivity (Wildman–Crippen MR) is 108 cm³/mol. The summed E-state index contributed by atoms with van der Waals surface area (Å²) in [5.41, 5.74) is -0.0990. The van der Waals surface area contributed by atoms with Crippen molar-refractivity contribution in [3.05, 3.63) is 30.1 Å². The van der Waals surface area contributed by atoms with Gasteiger partial charge in [0.05, 0.1) is 12.3 Å². The van der Waals surface area contributed by atoms with Crippen LogP contribution in [-0.2, 0) is 6.18 Å². The fourth-order valence-electron chi connectivity index (χ4n) is 3.58. The summed E-state index contributed by atoms with van der Waals surface area (Å²) in [5, 5.41) is 0. The molecular weight excluding hydrogens is 365 g/mol. The highest BCUT2D eigenvalue weighted by Gasteiger charge is 2.42. The number of hydrogen-bond acceptors (Lipinski definition) is 3. The van der Waals surface area contributed by atoms with Gasteiger partial charge in [-0.1, -0.05) is 41.2 Å². The molecule has 28 heavy (non-hydrogen) atoms. The summed E-state index contributed by atoms with van der Waals surface area (Å²) in [7, 11) is 0. The molecule has 0 amide bonds. The minimum atomic E-state index is -4.56. The molecule has 1 unspecified atom stereocenters. The number of hydrogen-bond donors (Lipinski definition) is 0. The standard InChI is InChI=1S/C22H33F3N2O/c1-7-16(6)18-13-19(28-10-9-14(3)4)26-21(22(23,24)25)20(18)27(8-2)17-11-15(5)12-17/h8,13-17H,2,7,9-12H2,1,3-6H3. The van der Waals surface area contributed by atoms with E-state index in [9.17, 15) is 13.2 Å². The van der Waals surface area contributed by atoms with Crippen LogP contribution in [0.5, 0.6) is 5.88 Å². The third-order valence-electron chi connectivity index (χ3n) is 5.55. The van der Waals surface area contributed by atoms with E-state index in [1.54, 1.807) is 11.0 Å². The number of ether oxygens (including phenoxy) is 1. The maximum atomic E-state index is 14.0. The van der Waals surface area contributed by atoms with Gasteiger partial charge in [0, 0.05) is 12.1 Å². The Morgan fingerprint density at radius 3 is 2.43 bits per heavy atom. The molecule has 1 saturated carbocycles. The third-order valence-corrected chi connectivity index (χ3v) is 5.55. The summed E-state index contributed by atoms with van der Waals surface area (Å²) in [6.45, 7) is 14.3. The first kappa shape index (κ1) is 22.6. The molecule has 1 atom stereocenters. The van der Waals surface area contributed by atoms with Crippen molar-refractivity contribution in [1.82, 2.24) is 4.98 Å². The van der Waals surface area contributed by atoms with Crippen LogP contribution in [0.2, 0.25) is 0 Å². The molecule has 0 bridgehead atoms. The lowest BCUT2D eigenvalue weighted by molar-refractivity contribution is -0.141. The third kappa shape index (κ3) is 5.21. The number of aromatic nitrogens is 1. The molecule has 2 rings (SSSR count). The number of pyridine rings is 1. The highest BCUT2D eigenvalue weighted by molar-refractivity contribution is 5.63. The molecule has 0 spiro atoms. The lowest BCUT2D eigenvalue weighted by Crippen LogP contribution is -2.42. The van der Waals surface area contributed by atoms with Gasteiger partial charge in [0.15, 0.2) is 5.69 Å². The molecular formula is C22H33F3N2O. The molecule has 0 aromatic carbocycles. The maximum absolute atomic E-state index is 14.0. The molecule has 158 valence electrons. The van der Waals surface area contributed by atoms with Gasteiger partial charge in [-0.15, -0.1) is 0 Å². The van der Waals surface area contributed by atoms with Gasteiger partial charge in [0.1, 0.15) is 0 Å². The molecule has 0 aliphatic heterocycles. The van der Waals surface area contributed by atoms with Gasteiger partial charge in [-0.3, -0.25) is 0 Å². The van der Waals surface area contributed by atoms with E-state index in [1.165, 1.54) is 6.20 Å². The fourth-order valence-corrected chi connectivity index (χ4v) is 3.58. The Balaban J connectivity index is 2.54. The van der Waals surface area contributed by atoms with Crippen LogP contribution in [-0.4, -0.2) is 17.6 Å². The smallest absolute Gasteiger partial charge is 0.435 e. The molecule has 1 aromatic heterocycles. The number of anilines is 1. The number of alkyl halides is 3. The molecule has 1 heterocycles. The van der Waals surface area contributed by atoms with Gasteiger partial charge < -0.3 is 9.64 Å². The minimum absolute atomic E-state index is 0.0333. The Labute approximate surface area is 167 Å². The second-order valence-corrected chi connectivity index (χ2v) is 8.41. The normalized spacial score (nSPS) is 20.6. The van der Waals surface area contributed by atoms with Crippen molar-refractivity contribution < 1.29 is 17.9 Å². The van der Waals surface area contributed by atoms with E-state index in [2.05, 4.69) is 18.5 Å². The molecule has 6 heteroatoms. The summed E-state index contributed by atoms with van der Waals surface area (Å²) < 4.78 is 47.6. The van der Waals surface area contributed by atoms with Crippen molar-refractivity contribution in [1.29, 1.82) is 0 Å². The zero-order valence-corrected chi connectivity index (χ0v) is 17.6. The van der Waals surface area contributed by atoms with Gasteiger partial charge >= 0.3 is 6.18 Å². The summed E-state index contributed by atoms with van der Waals surface area (Å²) in [6, 6.07) is 1.73. The first-order chi connectivity index (χ1) is 13.1. The Hall–Kier alpha value is -1.72. The fraction of sp³-hybridized carbons (Fsp3) is 0.682. The predicted octanol–water partition coefficient (Wildman–Crippen LogP) is 6.79. The molecule has 1 aliphatic carbocycles. The Kier molecular flexibility index (Phi) is 7.40. The van der Waals surface area contributed by atoms with Gasteiger partial charge in [0.25, 0.3) is 0 Å². The first-order valence-corrected chi connectivity index (χ1v) is 10.2. The Bertz CT molecular complexity index is 666. The van der Waals surface area contributed by atoms with Crippen molar-refractivity contribution in [3.8, 4) is 5.88 Å². The van der Waals surface area contributed by atoms with E-state index in [4.69, 9.17) is 4.74 Å². The molecule has 0 N–H and O–H groups in total. The Morgan fingerprint density at radius 1 is 1.32 bits per heavy atom. The summed E-state index contributed by atoms with van der Waals surface area (Å²) in [6.07, 6.45) is 0.166. The summed E-state index contributed by atoms with van der Waals surface area (Å²) in [5.74, 6) is 0.928. The highest BCUT2D eigenvalue weighted by Crippen LogP contribution is 2.45. The van der Waals surface area contributed by atoms with Crippen LogP contribution in [0.3, 0.4) is 0 Å². The largest absolute Gasteiger partial charge is 0.478 e. The topological polar surface area (TPSA) is 25.4 Å². The quantitative estimate of drug-likeness (QED) is 0.458. The van der Waals surface area contributed by atoms with Crippen molar-refractivity contribution >= 4 is 5.69 Å². The van der Waals surface area contributed by atoms with Crippen molar-refractivity contribution in [2.75, 3.05) is 11.5 Å².